The topological polar surface area (TPSA) is 44.3 Å². The van der Waals surface area contributed by atoms with E-state index in [2.05, 4.69) is 15.5 Å². The summed E-state index contributed by atoms with van der Waals surface area (Å²) in [7, 11) is 0. The first-order chi connectivity index (χ1) is 12.2. The maximum atomic E-state index is 13.7. The number of hydrogen-bond donors (Lipinski definition) is 1. The lowest BCUT2D eigenvalue weighted by Crippen LogP contribution is -2.50. The zero-order valence-electron chi connectivity index (χ0n) is 13.1. The minimum atomic E-state index is -4.51. The highest BCUT2D eigenvalue weighted by Gasteiger charge is 2.36. The molecule has 0 aliphatic carbocycles. The van der Waals surface area contributed by atoms with Gasteiger partial charge in [0.2, 0.25) is 10.1 Å². The van der Waals surface area contributed by atoms with Crippen LogP contribution in [0.4, 0.5) is 32.8 Å². The van der Waals surface area contributed by atoms with Crippen LogP contribution < -0.4 is 10.2 Å². The Labute approximate surface area is 154 Å². The first-order valence-electron chi connectivity index (χ1n) is 7.40. The van der Waals surface area contributed by atoms with Crippen molar-refractivity contribution in [3.8, 4) is 0 Å². The van der Waals surface area contributed by atoms with Crippen LogP contribution in [-0.4, -0.2) is 46.4 Å². The first-order valence-corrected chi connectivity index (χ1v) is 8.63. The van der Waals surface area contributed by atoms with Crippen LogP contribution in [-0.2, 0) is 6.18 Å². The monoisotopic (exact) mass is 409 g/mol. The molecule has 0 saturated carbocycles. The Balaban J connectivity index is 1.58. The highest BCUT2D eigenvalue weighted by Crippen LogP contribution is 2.34. The zero-order chi connectivity index (χ0) is 18.9. The summed E-state index contributed by atoms with van der Waals surface area (Å²) in [6, 6.07) is 3.10. The van der Waals surface area contributed by atoms with Gasteiger partial charge in [-0.2, -0.15) is 13.2 Å². The van der Waals surface area contributed by atoms with Crippen molar-refractivity contribution in [1.82, 2.24) is 15.1 Å². The molecule has 12 heteroatoms. The molecule has 1 fully saturated rings. The van der Waals surface area contributed by atoms with Crippen molar-refractivity contribution >= 4 is 39.5 Å². The molecule has 0 amide bonds. The van der Waals surface area contributed by atoms with Gasteiger partial charge >= 0.3 is 6.18 Å². The van der Waals surface area contributed by atoms with Crippen LogP contribution in [0.2, 0.25) is 0 Å². The third-order valence-corrected chi connectivity index (χ3v) is 5.06. The fraction of sp³-hybridized carbons (Fsp3) is 0.357. The molecule has 0 radical (unpaired) electrons. The Bertz CT molecular complexity index is 801. The molecule has 1 aromatic heterocycles. The second-order valence-electron chi connectivity index (χ2n) is 5.42. The molecule has 3 rings (SSSR count). The minimum Gasteiger partial charge on any atom is -0.345 e. The summed E-state index contributed by atoms with van der Waals surface area (Å²) in [5, 5.41) is 8.92. The van der Waals surface area contributed by atoms with Gasteiger partial charge in [0.15, 0.2) is 5.11 Å². The molecule has 26 heavy (non-hydrogen) atoms. The van der Waals surface area contributed by atoms with Gasteiger partial charge in [0.05, 0.1) is 5.69 Å². The van der Waals surface area contributed by atoms with E-state index in [9.17, 15) is 22.0 Å². The van der Waals surface area contributed by atoms with E-state index in [1.165, 1.54) is 6.07 Å². The van der Waals surface area contributed by atoms with E-state index in [0.717, 1.165) is 12.1 Å². The fourth-order valence-electron chi connectivity index (χ4n) is 2.34. The molecule has 0 unspecified atom stereocenters. The summed E-state index contributed by atoms with van der Waals surface area (Å²) in [5.41, 5.74) is 0.0535. The average molecular weight is 409 g/mol. The molecule has 1 N–H and O–H groups in total. The third kappa shape index (κ3) is 4.18. The first kappa shape index (κ1) is 18.7. The third-order valence-electron chi connectivity index (χ3n) is 3.67. The summed E-state index contributed by atoms with van der Waals surface area (Å²) in [6.07, 6.45) is -4.51. The molecule has 140 valence electrons. The molecule has 1 aromatic carbocycles. The number of nitrogens with zero attached hydrogens (tertiary/aromatic N) is 4. The largest absolute Gasteiger partial charge is 0.445 e. The van der Waals surface area contributed by atoms with E-state index in [0.29, 0.717) is 37.5 Å². The number of piperazine rings is 1. The standard InChI is InChI=1S/C14H12F5N5S2/c15-8-1-2-10(9(16)7-8)20-12(25)23-3-5-24(6-4-23)13-22-21-11(26-13)14(17,18)19/h1-2,7H,3-6H2,(H,20,25). The minimum absolute atomic E-state index is 0.0535. The number of hydrogen-bond acceptors (Lipinski definition) is 5. The Kier molecular flexibility index (Phi) is 5.23. The SMILES string of the molecule is Fc1ccc(NC(=S)N2CCN(c3nnc(C(F)(F)F)s3)CC2)c(F)c1. The molecule has 0 atom stereocenters. The molecule has 2 heterocycles. The van der Waals surface area contributed by atoms with Crippen molar-refractivity contribution in [3.63, 3.8) is 0 Å². The summed E-state index contributed by atoms with van der Waals surface area (Å²) in [5.74, 6) is -1.46. The van der Waals surface area contributed by atoms with E-state index in [1.54, 1.807) is 9.80 Å². The number of anilines is 2. The molecule has 2 aromatic rings. The molecule has 1 aliphatic rings. The van der Waals surface area contributed by atoms with Crippen molar-refractivity contribution in [3.05, 3.63) is 34.8 Å². The lowest BCUT2D eigenvalue weighted by Gasteiger charge is -2.35. The number of aromatic nitrogens is 2. The molecular weight excluding hydrogens is 397 g/mol. The van der Waals surface area contributed by atoms with Gasteiger partial charge in [0, 0.05) is 32.2 Å². The smallest absolute Gasteiger partial charge is 0.345 e. The van der Waals surface area contributed by atoms with E-state index in [-0.39, 0.29) is 15.9 Å². The van der Waals surface area contributed by atoms with Gasteiger partial charge in [-0.05, 0) is 24.4 Å². The number of alkyl halides is 3. The van der Waals surface area contributed by atoms with Gasteiger partial charge in [-0.15, -0.1) is 10.2 Å². The molecule has 0 bridgehead atoms. The van der Waals surface area contributed by atoms with E-state index >= 15 is 0 Å². The number of nitrogens with one attached hydrogen (secondary N) is 1. The Morgan fingerprint density at radius 3 is 2.38 bits per heavy atom. The van der Waals surface area contributed by atoms with Crippen LogP contribution >= 0.6 is 23.6 Å². The maximum Gasteiger partial charge on any atom is 0.445 e. The maximum absolute atomic E-state index is 13.7. The summed E-state index contributed by atoms with van der Waals surface area (Å²) < 4.78 is 64.4. The molecule has 1 saturated heterocycles. The van der Waals surface area contributed by atoms with Gasteiger partial charge in [-0.25, -0.2) is 8.78 Å². The van der Waals surface area contributed by atoms with Crippen LogP contribution in [0, 0.1) is 11.6 Å². The summed E-state index contributed by atoms with van der Waals surface area (Å²) in [6.45, 7) is 1.60. The Hall–Kier alpha value is -2.08. The van der Waals surface area contributed by atoms with Gasteiger partial charge in [-0.3, -0.25) is 0 Å². The van der Waals surface area contributed by atoms with Crippen molar-refractivity contribution < 1.29 is 22.0 Å². The van der Waals surface area contributed by atoms with Gasteiger partial charge < -0.3 is 15.1 Å². The van der Waals surface area contributed by atoms with E-state index in [4.69, 9.17) is 12.2 Å². The van der Waals surface area contributed by atoms with Crippen LogP contribution in [0.15, 0.2) is 18.2 Å². The van der Waals surface area contributed by atoms with E-state index < -0.39 is 22.8 Å². The predicted octanol–water partition coefficient (Wildman–Crippen LogP) is 3.35. The zero-order valence-corrected chi connectivity index (χ0v) is 14.7. The van der Waals surface area contributed by atoms with E-state index in [1.807, 2.05) is 0 Å². The molecule has 5 nitrogen and oxygen atoms in total. The Morgan fingerprint density at radius 1 is 1.12 bits per heavy atom. The second kappa shape index (κ2) is 7.27. The quantitative estimate of drug-likeness (QED) is 0.606. The summed E-state index contributed by atoms with van der Waals surface area (Å²) >= 11 is 5.71. The van der Waals surface area contributed by atoms with Crippen LogP contribution in [0.25, 0.3) is 0 Å². The number of benzene rings is 1. The van der Waals surface area contributed by atoms with Crippen molar-refractivity contribution in [2.75, 3.05) is 36.4 Å². The van der Waals surface area contributed by atoms with Crippen LogP contribution in [0.1, 0.15) is 5.01 Å². The van der Waals surface area contributed by atoms with Crippen molar-refractivity contribution in [2.24, 2.45) is 0 Å². The lowest BCUT2D eigenvalue weighted by atomic mass is 10.3. The predicted molar refractivity (Wildman–Crippen MR) is 91.3 cm³/mol. The number of thiocarbonyl (C=S) groups is 1. The van der Waals surface area contributed by atoms with Gasteiger partial charge in [0.1, 0.15) is 11.6 Å². The Morgan fingerprint density at radius 2 is 1.81 bits per heavy atom. The second-order valence-corrected chi connectivity index (χ2v) is 6.76. The lowest BCUT2D eigenvalue weighted by molar-refractivity contribution is -0.138. The molecule has 1 aliphatic heterocycles. The van der Waals surface area contributed by atoms with Gasteiger partial charge in [-0.1, -0.05) is 11.3 Å². The highest BCUT2D eigenvalue weighted by molar-refractivity contribution is 7.80. The van der Waals surface area contributed by atoms with Crippen molar-refractivity contribution in [1.29, 1.82) is 0 Å². The van der Waals surface area contributed by atoms with Gasteiger partial charge in [0.25, 0.3) is 0 Å². The van der Waals surface area contributed by atoms with Crippen molar-refractivity contribution in [2.45, 2.75) is 6.18 Å². The molecule has 0 spiro atoms. The van der Waals surface area contributed by atoms with Crippen LogP contribution in [0.3, 0.4) is 0 Å². The summed E-state index contributed by atoms with van der Waals surface area (Å²) in [4.78, 5) is 3.44. The average Bonchev–Trinajstić information content (AvgIpc) is 3.08. The normalized spacial score (nSPS) is 15.3. The number of halogens is 5. The van der Waals surface area contributed by atoms with Crippen LogP contribution in [0.5, 0.6) is 0 Å². The number of rotatable bonds is 2. The fourth-order valence-corrected chi connectivity index (χ4v) is 3.40. The highest BCUT2D eigenvalue weighted by atomic mass is 32.1. The molecular formula is C14H12F5N5S2.